The second-order valence-corrected chi connectivity index (χ2v) is 5.52. The van der Waals surface area contributed by atoms with Crippen LogP contribution < -0.4 is 5.32 Å². The van der Waals surface area contributed by atoms with Gasteiger partial charge in [-0.05, 0) is 31.2 Å². The Morgan fingerprint density at radius 3 is 2.80 bits per heavy atom. The van der Waals surface area contributed by atoms with Crippen molar-refractivity contribution in [2.75, 3.05) is 5.32 Å². The number of rotatable bonds is 3. The predicted molar refractivity (Wildman–Crippen MR) is 90.9 cm³/mol. The first-order valence-corrected chi connectivity index (χ1v) is 7.51. The van der Waals surface area contributed by atoms with Crippen molar-refractivity contribution in [3.05, 3.63) is 59.5 Å². The molecule has 25 heavy (non-hydrogen) atoms. The van der Waals surface area contributed by atoms with Crippen molar-refractivity contribution in [3.63, 3.8) is 0 Å². The number of carboxylic acids is 1. The molecule has 1 aromatic carbocycles. The SMILES string of the molecule is Cc1nc2ccccn2c1C(=O)Nc1nc2c(C(=O)O)cccc2[nH]1. The quantitative estimate of drug-likeness (QED) is 0.532. The van der Waals surface area contributed by atoms with E-state index in [0.29, 0.717) is 28.1 Å². The minimum Gasteiger partial charge on any atom is -0.478 e. The van der Waals surface area contributed by atoms with Gasteiger partial charge in [0.1, 0.15) is 16.9 Å². The van der Waals surface area contributed by atoms with Gasteiger partial charge in [0.2, 0.25) is 5.95 Å². The van der Waals surface area contributed by atoms with Gasteiger partial charge in [0.15, 0.2) is 0 Å². The summed E-state index contributed by atoms with van der Waals surface area (Å²) in [5.41, 5.74) is 2.55. The van der Waals surface area contributed by atoms with Gasteiger partial charge in [-0.1, -0.05) is 12.1 Å². The first-order chi connectivity index (χ1) is 12.0. The van der Waals surface area contributed by atoms with E-state index in [9.17, 15) is 14.7 Å². The Labute approximate surface area is 141 Å². The Hall–Kier alpha value is -3.68. The normalized spacial score (nSPS) is 11.1. The van der Waals surface area contributed by atoms with Gasteiger partial charge in [-0.2, -0.15) is 0 Å². The molecule has 4 rings (SSSR count). The summed E-state index contributed by atoms with van der Waals surface area (Å²) >= 11 is 0. The molecule has 4 aromatic rings. The second-order valence-electron chi connectivity index (χ2n) is 5.52. The topological polar surface area (TPSA) is 112 Å². The van der Waals surface area contributed by atoms with Crippen molar-refractivity contribution in [3.8, 4) is 0 Å². The molecule has 0 radical (unpaired) electrons. The lowest BCUT2D eigenvalue weighted by Crippen LogP contribution is -2.16. The zero-order valence-corrected chi connectivity index (χ0v) is 13.1. The van der Waals surface area contributed by atoms with E-state index in [-0.39, 0.29) is 17.4 Å². The molecular formula is C17H13N5O3. The van der Waals surface area contributed by atoms with Gasteiger partial charge in [-0.3, -0.25) is 14.5 Å². The third-order valence-electron chi connectivity index (χ3n) is 3.89. The molecule has 0 aliphatic heterocycles. The van der Waals surface area contributed by atoms with Crippen LogP contribution >= 0.6 is 0 Å². The Bertz CT molecular complexity index is 1140. The van der Waals surface area contributed by atoms with Crippen LogP contribution in [0.2, 0.25) is 0 Å². The lowest BCUT2D eigenvalue weighted by atomic mass is 10.2. The summed E-state index contributed by atoms with van der Waals surface area (Å²) in [6, 6.07) is 10.2. The number of aromatic carboxylic acids is 1. The number of fused-ring (bicyclic) bond motifs is 2. The summed E-state index contributed by atoms with van der Waals surface area (Å²) in [5, 5.41) is 11.9. The van der Waals surface area contributed by atoms with Crippen molar-refractivity contribution in [2.24, 2.45) is 0 Å². The van der Waals surface area contributed by atoms with Crippen LogP contribution in [-0.2, 0) is 0 Å². The molecule has 8 nitrogen and oxygen atoms in total. The number of carbonyl (C=O) groups excluding carboxylic acids is 1. The van der Waals surface area contributed by atoms with Crippen molar-refractivity contribution in [1.29, 1.82) is 0 Å². The van der Waals surface area contributed by atoms with Gasteiger partial charge in [0, 0.05) is 6.20 Å². The number of carbonyl (C=O) groups is 2. The molecule has 3 heterocycles. The Morgan fingerprint density at radius 1 is 1.16 bits per heavy atom. The minimum absolute atomic E-state index is 0.0697. The molecule has 1 amide bonds. The van der Waals surface area contributed by atoms with Crippen LogP contribution in [0.1, 0.15) is 26.5 Å². The Kier molecular flexibility index (Phi) is 3.24. The largest absolute Gasteiger partial charge is 0.478 e. The highest BCUT2D eigenvalue weighted by Gasteiger charge is 2.19. The minimum atomic E-state index is -1.08. The van der Waals surface area contributed by atoms with Gasteiger partial charge in [0.05, 0.1) is 16.8 Å². The van der Waals surface area contributed by atoms with Crippen LogP contribution in [0, 0.1) is 6.92 Å². The standard InChI is InChI=1S/C17H13N5O3/c1-9-14(22-8-3-2-7-12(22)18-9)15(23)21-17-19-11-6-4-5-10(16(24)25)13(11)20-17/h2-8H,1H3,(H,24,25)(H2,19,20,21,23). The van der Waals surface area contributed by atoms with E-state index in [1.54, 1.807) is 29.7 Å². The number of imidazole rings is 2. The summed E-state index contributed by atoms with van der Waals surface area (Å²) in [7, 11) is 0. The van der Waals surface area contributed by atoms with Crippen LogP contribution in [0.15, 0.2) is 42.6 Å². The Balaban J connectivity index is 1.73. The highest BCUT2D eigenvalue weighted by atomic mass is 16.4. The number of amides is 1. The number of aromatic amines is 1. The highest BCUT2D eigenvalue weighted by Crippen LogP contribution is 2.20. The first kappa shape index (κ1) is 14.9. The van der Waals surface area contributed by atoms with Gasteiger partial charge >= 0.3 is 5.97 Å². The maximum absolute atomic E-state index is 12.7. The summed E-state index contributed by atoms with van der Waals surface area (Å²) in [4.78, 5) is 35.4. The van der Waals surface area contributed by atoms with Crippen LogP contribution in [0.25, 0.3) is 16.7 Å². The monoisotopic (exact) mass is 335 g/mol. The number of hydrogen-bond donors (Lipinski definition) is 3. The smallest absolute Gasteiger partial charge is 0.337 e. The van der Waals surface area contributed by atoms with Crippen molar-refractivity contribution < 1.29 is 14.7 Å². The average molecular weight is 335 g/mol. The van der Waals surface area contributed by atoms with Crippen LogP contribution in [0.4, 0.5) is 5.95 Å². The molecule has 0 aliphatic carbocycles. The summed E-state index contributed by atoms with van der Waals surface area (Å²) in [6.45, 7) is 1.75. The lowest BCUT2D eigenvalue weighted by Gasteiger charge is -2.03. The Morgan fingerprint density at radius 2 is 2.00 bits per heavy atom. The summed E-state index contributed by atoms with van der Waals surface area (Å²) < 4.78 is 1.69. The number of benzene rings is 1. The molecule has 8 heteroatoms. The zero-order valence-electron chi connectivity index (χ0n) is 13.1. The number of para-hydroxylation sites is 1. The van der Waals surface area contributed by atoms with Crippen molar-refractivity contribution in [2.45, 2.75) is 6.92 Å². The van der Waals surface area contributed by atoms with Gasteiger partial charge in [-0.25, -0.2) is 14.8 Å². The van der Waals surface area contributed by atoms with Crippen LogP contribution in [0.5, 0.6) is 0 Å². The number of nitrogens with one attached hydrogen (secondary N) is 2. The average Bonchev–Trinajstić information content (AvgIpc) is 3.13. The molecular weight excluding hydrogens is 322 g/mol. The van der Waals surface area contributed by atoms with E-state index in [2.05, 4.69) is 20.3 Å². The number of anilines is 1. The fourth-order valence-corrected chi connectivity index (χ4v) is 2.82. The summed E-state index contributed by atoms with van der Waals surface area (Å²) in [6.07, 6.45) is 1.76. The fourth-order valence-electron chi connectivity index (χ4n) is 2.82. The molecule has 0 unspecified atom stereocenters. The van der Waals surface area contributed by atoms with E-state index in [4.69, 9.17) is 0 Å². The van der Waals surface area contributed by atoms with E-state index in [0.717, 1.165) is 0 Å². The number of aryl methyl sites for hydroxylation is 1. The number of hydrogen-bond acceptors (Lipinski definition) is 4. The molecule has 0 saturated heterocycles. The lowest BCUT2D eigenvalue weighted by molar-refractivity contribution is 0.0698. The third kappa shape index (κ3) is 2.40. The number of carboxylic acid groups (broad SMARTS) is 1. The molecule has 3 aromatic heterocycles. The van der Waals surface area contributed by atoms with Gasteiger partial charge in [0.25, 0.3) is 5.91 Å². The highest BCUT2D eigenvalue weighted by molar-refractivity contribution is 6.05. The number of H-pyrrole nitrogens is 1. The van der Waals surface area contributed by atoms with Crippen LogP contribution in [0.3, 0.4) is 0 Å². The maximum Gasteiger partial charge on any atom is 0.337 e. The molecule has 3 N–H and O–H groups in total. The van der Waals surface area contributed by atoms with E-state index in [1.165, 1.54) is 6.07 Å². The van der Waals surface area contributed by atoms with E-state index < -0.39 is 5.97 Å². The van der Waals surface area contributed by atoms with Gasteiger partial charge in [-0.15, -0.1) is 0 Å². The third-order valence-corrected chi connectivity index (χ3v) is 3.89. The molecule has 0 spiro atoms. The summed E-state index contributed by atoms with van der Waals surface area (Å²) in [5.74, 6) is -1.28. The molecule has 0 saturated carbocycles. The van der Waals surface area contributed by atoms with E-state index >= 15 is 0 Å². The molecule has 0 aliphatic rings. The van der Waals surface area contributed by atoms with Crippen molar-refractivity contribution >= 4 is 34.5 Å². The number of pyridine rings is 1. The number of nitrogens with zero attached hydrogens (tertiary/aromatic N) is 3. The fraction of sp³-hybridized carbons (Fsp3) is 0.0588. The maximum atomic E-state index is 12.7. The van der Waals surface area contributed by atoms with Crippen molar-refractivity contribution in [1.82, 2.24) is 19.4 Å². The number of aromatic nitrogens is 4. The van der Waals surface area contributed by atoms with Crippen LogP contribution in [-0.4, -0.2) is 36.3 Å². The second kappa shape index (κ2) is 5.45. The predicted octanol–water partition coefficient (Wildman–Crippen LogP) is 2.47. The molecule has 0 bridgehead atoms. The zero-order chi connectivity index (χ0) is 17.6. The molecule has 0 fully saturated rings. The molecule has 0 atom stereocenters. The van der Waals surface area contributed by atoms with Gasteiger partial charge < -0.3 is 10.1 Å². The first-order valence-electron chi connectivity index (χ1n) is 7.51. The van der Waals surface area contributed by atoms with E-state index in [1.807, 2.05) is 18.2 Å². The molecule has 124 valence electrons.